The molecule has 0 unspecified atom stereocenters. The molecule has 8 heteroatoms. The lowest BCUT2D eigenvalue weighted by Gasteiger charge is -2.07. The van der Waals surface area contributed by atoms with Crippen LogP contribution in [0, 0.1) is 25.2 Å². The zero-order valence-electron chi connectivity index (χ0n) is 15.4. The van der Waals surface area contributed by atoms with Gasteiger partial charge >= 0.3 is 5.97 Å². The van der Waals surface area contributed by atoms with Crippen LogP contribution in [0.25, 0.3) is 5.69 Å². The summed E-state index contributed by atoms with van der Waals surface area (Å²) in [5, 5.41) is 18.2. The number of aromatic nitrogens is 2. The molecule has 142 valence electrons. The zero-order valence-corrected chi connectivity index (χ0v) is 16.2. The van der Waals surface area contributed by atoms with Gasteiger partial charge in [0, 0.05) is 11.3 Å². The maximum absolute atomic E-state index is 12.2. The number of amides is 1. The lowest BCUT2D eigenvalue weighted by molar-refractivity contribution is -0.146. The second-order valence-electron chi connectivity index (χ2n) is 6.06. The molecule has 0 aliphatic carbocycles. The molecule has 1 amide bonds. The van der Waals surface area contributed by atoms with E-state index < -0.39 is 18.5 Å². The molecule has 0 fully saturated rings. The van der Waals surface area contributed by atoms with E-state index in [0.717, 1.165) is 22.6 Å². The summed E-state index contributed by atoms with van der Waals surface area (Å²) in [7, 11) is 0. The lowest BCUT2D eigenvalue weighted by Crippen LogP contribution is -2.21. The molecule has 3 aromatic rings. The average molecular weight is 394 g/mol. The van der Waals surface area contributed by atoms with Crippen molar-refractivity contribution in [2.24, 2.45) is 0 Å². The van der Waals surface area contributed by atoms with Crippen LogP contribution in [0.2, 0.25) is 0 Å². The summed E-state index contributed by atoms with van der Waals surface area (Å²) < 4.78 is 6.87. The van der Waals surface area contributed by atoms with Crippen LogP contribution in [-0.4, -0.2) is 28.3 Å². The Morgan fingerprint density at radius 2 is 2.00 bits per heavy atom. The number of thiophene rings is 1. The first-order chi connectivity index (χ1) is 13.5. The van der Waals surface area contributed by atoms with Gasteiger partial charge in [-0.1, -0.05) is 18.2 Å². The van der Waals surface area contributed by atoms with Gasteiger partial charge in [-0.2, -0.15) is 10.4 Å². The third-order valence-corrected chi connectivity index (χ3v) is 5.00. The standard InChI is InChI=1S/C20H18N4O3S/c1-13-17(14(2)24(23-13)16-6-4-3-5-7-16)10-19(26)27-12-18(25)22-20-15(11-21)8-9-28-20/h3-9H,10,12H2,1-2H3,(H,22,25). The molecular weight excluding hydrogens is 376 g/mol. The molecule has 0 radical (unpaired) electrons. The number of hydrogen-bond acceptors (Lipinski definition) is 6. The topological polar surface area (TPSA) is 97.0 Å². The minimum absolute atomic E-state index is 0.0280. The highest BCUT2D eigenvalue weighted by Gasteiger charge is 2.18. The average Bonchev–Trinajstić information content (AvgIpc) is 3.26. The Morgan fingerprint density at radius 1 is 1.25 bits per heavy atom. The summed E-state index contributed by atoms with van der Waals surface area (Å²) in [6, 6.07) is 13.2. The van der Waals surface area contributed by atoms with Crippen LogP contribution in [0.15, 0.2) is 41.8 Å². The lowest BCUT2D eigenvalue weighted by atomic mass is 10.1. The van der Waals surface area contributed by atoms with Crippen molar-refractivity contribution in [3.05, 3.63) is 64.3 Å². The van der Waals surface area contributed by atoms with Crippen LogP contribution in [-0.2, 0) is 20.7 Å². The van der Waals surface area contributed by atoms with Gasteiger partial charge < -0.3 is 10.1 Å². The summed E-state index contributed by atoms with van der Waals surface area (Å²) in [4.78, 5) is 24.2. The number of ether oxygens (including phenoxy) is 1. The number of benzene rings is 1. The summed E-state index contributed by atoms with van der Waals surface area (Å²) in [6.45, 7) is 3.32. The number of aryl methyl sites for hydroxylation is 1. The molecule has 0 saturated heterocycles. The van der Waals surface area contributed by atoms with E-state index in [2.05, 4.69) is 10.4 Å². The van der Waals surface area contributed by atoms with Crippen molar-refractivity contribution in [3.8, 4) is 11.8 Å². The number of nitriles is 1. The SMILES string of the molecule is Cc1nn(-c2ccccc2)c(C)c1CC(=O)OCC(=O)Nc1sccc1C#N. The van der Waals surface area contributed by atoms with Crippen LogP contribution in [0.4, 0.5) is 5.00 Å². The molecule has 0 bridgehead atoms. The van der Waals surface area contributed by atoms with E-state index in [4.69, 9.17) is 10.00 Å². The number of carbonyl (C=O) groups excluding carboxylic acids is 2. The van der Waals surface area contributed by atoms with Crippen molar-refractivity contribution >= 4 is 28.2 Å². The van der Waals surface area contributed by atoms with Gasteiger partial charge in [-0.15, -0.1) is 11.3 Å². The van der Waals surface area contributed by atoms with Gasteiger partial charge in [0.2, 0.25) is 0 Å². The largest absolute Gasteiger partial charge is 0.455 e. The predicted molar refractivity (Wildman–Crippen MR) is 105 cm³/mol. The van der Waals surface area contributed by atoms with Gasteiger partial charge in [0.05, 0.1) is 23.4 Å². The van der Waals surface area contributed by atoms with E-state index in [1.54, 1.807) is 16.1 Å². The highest BCUT2D eigenvalue weighted by Crippen LogP contribution is 2.22. The molecule has 3 rings (SSSR count). The van der Waals surface area contributed by atoms with E-state index >= 15 is 0 Å². The van der Waals surface area contributed by atoms with E-state index in [-0.39, 0.29) is 6.42 Å². The van der Waals surface area contributed by atoms with Crippen molar-refractivity contribution in [3.63, 3.8) is 0 Å². The third-order valence-electron chi connectivity index (χ3n) is 4.17. The maximum Gasteiger partial charge on any atom is 0.310 e. The Kier molecular flexibility index (Phi) is 5.87. The highest BCUT2D eigenvalue weighted by molar-refractivity contribution is 7.14. The molecule has 1 aromatic carbocycles. The fraction of sp³-hybridized carbons (Fsp3) is 0.200. The van der Waals surface area contributed by atoms with E-state index in [1.165, 1.54) is 11.3 Å². The molecular formula is C20H18N4O3S. The molecule has 7 nitrogen and oxygen atoms in total. The van der Waals surface area contributed by atoms with Crippen molar-refractivity contribution < 1.29 is 14.3 Å². The first kappa shape index (κ1) is 19.3. The number of esters is 1. The minimum Gasteiger partial charge on any atom is -0.455 e. The van der Waals surface area contributed by atoms with Gasteiger partial charge in [-0.3, -0.25) is 9.59 Å². The Balaban J connectivity index is 1.60. The Hall–Kier alpha value is -3.44. The number of nitrogens with zero attached hydrogens (tertiary/aromatic N) is 3. The molecule has 2 heterocycles. The molecule has 0 spiro atoms. The van der Waals surface area contributed by atoms with Crippen molar-refractivity contribution in [2.45, 2.75) is 20.3 Å². The van der Waals surface area contributed by atoms with E-state index in [0.29, 0.717) is 10.6 Å². The van der Waals surface area contributed by atoms with Gasteiger partial charge in [0.25, 0.3) is 5.91 Å². The second-order valence-corrected chi connectivity index (χ2v) is 6.97. The van der Waals surface area contributed by atoms with Crippen LogP contribution < -0.4 is 5.32 Å². The summed E-state index contributed by atoms with van der Waals surface area (Å²) >= 11 is 1.24. The first-order valence-corrected chi connectivity index (χ1v) is 9.41. The van der Waals surface area contributed by atoms with Gasteiger partial charge in [-0.05, 0) is 37.4 Å². The Morgan fingerprint density at radius 3 is 2.71 bits per heavy atom. The summed E-state index contributed by atoms with van der Waals surface area (Å²) in [6.07, 6.45) is 0.0280. The Labute approximate surface area is 166 Å². The van der Waals surface area contributed by atoms with Crippen molar-refractivity contribution in [2.75, 3.05) is 11.9 Å². The van der Waals surface area contributed by atoms with Gasteiger partial charge in [0.15, 0.2) is 6.61 Å². The van der Waals surface area contributed by atoms with Crippen molar-refractivity contribution in [1.29, 1.82) is 5.26 Å². The minimum atomic E-state index is -0.513. The number of rotatable bonds is 6. The molecule has 2 aromatic heterocycles. The molecule has 0 aliphatic heterocycles. The van der Waals surface area contributed by atoms with Crippen molar-refractivity contribution in [1.82, 2.24) is 9.78 Å². The predicted octanol–water partition coefficient (Wildman–Crippen LogP) is 3.15. The van der Waals surface area contributed by atoms with Crippen LogP contribution in [0.5, 0.6) is 0 Å². The number of hydrogen-bond donors (Lipinski definition) is 1. The van der Waals surface area contributed by atoms with Crippen LogP contribution in [0.1, 0.15) is 22.5 Å². The molecule has 0 saturated carbocycles. The quantitative estimate of drug-likeness (QED) is 0.648. The summed E-state index contributed by atoms with van der Waals surface area (Å²) in [5.74, 6) is -0.999. The number of nitrogens with one attached hydrogen (secondary N) is 1. The Bertz CT molecular complexity index is 1050. The highest BCUT2D eigenvalue weighted by atomic mass is 32.1. The van der Waals surface area contributed by atoms with Crippen LogP contribution >= 0.6 is 11.3 Å². The fourth-order valence-electron chi connectivity index (χ4n) is 2.75. The number of carbonyl (C=O) groups is 2. The molecule has 1 N–H and O–H groups in total. The molecule has 28 heavy (non-hydrogen) atoms. The van der Waals surface area contributed by atoms with E-state index in [1.807, 2.05) is 50.2 Å². The smallest absolute Gasteiger partial charge is 0.310 e. The first-order valence-electron chi connectivity index (χ1n) is 8.53. The fourth-order valence-corrected chi connectivity index (χ4v) is 3.50. The maximum atomic E-state index is 12.2. The van der Waals surface area contributed by atoms with E-state index in [9.17, 15) is 9.59 Å². The zero-order chi connectivity index (χ0) is 20.1. The number of para-hydroxylation sites is 1. The normalized spacial score (nSPS) is 10.3. The van der Waals surface area contributed by atoms with Gasteiger partial charge in [-0.25, -0.2) is 4.68 Å². The summed E-state index contributed by atoms with van der Waals surface area (Å²) in [5.41, 5.74) is 3.65. The van der Waals surface area contributed by atoms with Gasteiger partial charge in [0.1, 0.15) is 11.1 Å². The molecule has 0 atom stereocenters. The molecule has 0 aliphatic rings. The number of anilines is 1. The second kappa shape index (κ2) is 8.50. The van der Waals surface area contributed by atoms with Crippen LogP contribution in [0.3, 0.4) is 0 Å². The third kappa shape index (κ3) is 4.27. The monoisotopic (exact) mass is 394 g/mol.